The Bertz CT molecular complexity index is 1280. The van der Waals surface area contributed by atoms with E-state index in [-0.39, 0.29) is 25.6 Å². The van der Waals surface area contributed by atoms with Crippen LogP contribution in [0, 0.1) is 0 Å². The quantitative estimate of drug-likeness (QED) is 0.0390. The zero-order valence-corrected chi connectivity index (χ0v) is 35.1. The van der Waals surface area contributed by atoms with Crippen molar-refractivity contribution >= 4 is 11.9 Å². The van der Waals surface area contributed by atoms with Gasteiger partial charge in [-0.25, -0.2) is 0 Å². The number of carbonyl (C=O) groups is 2. The monoisotopic (exact) mass is 769 g/mol. The number of allylic oxidation sites excluding steroid dienone is 23. The molecule has 5 heteroatoms. The molecule has 0 radical (unpaired) electrons. The van der Waals surface area contributed by atoms with Crippen LogP contribution in [0.1, 0.15) is 142 Å². The Balaban J connectivity index is 3.76. The number of aliphatic hydroxyl groups excluding tert-OH is 1. The first kappa shape index (κ1) is 51.8. The van der Waals surface area contributed by atoms with Gasteiger partial charge in [-0.3, -0.25) is 9.59 Å². The van der Waals surface area contributed by atoms with Gasteiger partial charge in [0, 0.05) is 6.42 Å². The first-order chi connectivity index (χ1) is 27.6. The van der Waals surface area contributed by atoms with E-state index in [1.54, 1.807) is 6.08 Å². The maximum Gasteiger partial charge on any atom is 0.309 e. The molecule has 5 nitrogen and oxygen atoms in total. The molecule has 0 bridgehead atoms. The van der Waals surface area contributed by atoms with Crippen molar-refractivity contribution in [3.63, 3.8) is 0 Å². The van der Waals surface area contributed by atoms with E-state index < -0.39 is 12.1 Å². The average Bonchev–Trinajstić information content (AvgIpc) is 3.20. The Kier molecular flexibility index (Phi) is 41.8. The molecule has 0 rings (SSSR count). The lowest BCUT2D eigenvalue weighted by Gasteiger charge is -2.15. The number of rotatable bonds is 36. The van der Waals surface area contributed by atoms with Gasteiger partial charge in [-0.15, -0.1) is 0 Å². The Morgan fingerprint density at radius 3 is 1.16 bits per heavy atom. The molecule has 0 spiro atoms. The zero-order valence-electron chi connectivity index (χ0n) is 35.1. The first-order valence-electron chi connectivity index (χ1n) is 21.4. The van der Waals surface area contributed by atoms with Crippen LogP contribution in [0.4, 0.5) is 0 Å². The van der Waals surface area contributed by atoms with Crippen molar-refractivity contribution < 1.29 is 24.2 Å². The summed E-state index contributed by atoms with van der Waals surface area (Å²) in [4.78, 5) is 24.2. The van der Waals surface area contributed by atoms with Crippen LogP contribution >= 0.6 is 0 Å². The van der Waals surface area contributed by atoms with Gasteiger partial charge in [0.25, 0.3) is 0 Å². The summed E-state index contributed by atoms with van der Waals surface area (Å²) in [6.45, 7) is 3.77. The zero-order chi connectivity index (χ0) is 40.7. The molecular weight excluding hydrogens is 693 g/mol. The highest BCUT2D eigenvalue weighted by atomic mass is 16.6. The average molecular weight is 769 g/mol. The van der Waals surface area contributed by atoms with Crippen molar-refractivity contribution in [1.82, 2.24) is 0 Å². The van der Waals surface area contributed by atoms with Gasteiger partial charge in [0.05, 0.1) is 13.0 Å². The van der Waals surface area contributed by atoms with Crippen LogP contribution in [0.25, 0.3) is 0 Å². The van der Waals surface area contributed by atoms with Crippen LogP contribution in [0.5, 0.6) is 0 Å². The number of aliphatic hydroxyl groups is 1. The number of hydrogen-bond donors (Lipinski definition) is 1. The summed E-state index contributed by atoms with van der Waals surface area (Å²) in [6.07, 6.45) is 69.4. The maximum atomic E-state index is 12.2. The topological polar surface area (TPSA) is 72.8 Å². The van der Waals surface area contributed by atoms with E-state index >= 15 is 0 Å². The molecule has 310 valence electrons. The Labute approximate surface area is 342 Å². The molecule has 0 aromatic heterocycles. The molecule has 56 heavy (non-hydrogen) atoms. The van der Waals surface area contributed by atoms with Gasteiger partial charge in [0.2, 0.25) is 0 Å². The van der Waals surface area contributed by atoms with Gasteiger partial charge in [-0.2, -0.15) is 0 Å². The molecular formula is C51H76O5. The van der Waals surface area contributed by atoms with Gasteiger partial charge in [-0.1, -0.05) is 179 Å². The highest BCUT2D eigenvalue weighted by Crippen LogP contribution is 2.10. The Hall–Kier alpha value is -4.22. The summed E-state index contributed by atoms with van der Waals surface area (Å²) in [5.74, 6) is -0.778. The number of carbonyl (C=O) groups excluding carboxylic acids is 2. The molecule has 0 amide bonds. The minimum absolute atomic E-state index is 0.138. The minimum atomic E-state index is -0.834. The van der Waals surface area contributed by atoms with E-state index in [2.05, 4.69) is 148 Å². The molecule has 0 heterocycles. The molecule has 0 aromatic carbocycles. The maximum absolute atomic E-state index is 12.2. The number of esters is 2. The molecule has 0 saturated carbocycles. The molecule has 0 aliphatic carbocycles. The van der Waals surface area contributed by atoms with Crippen molar-refractivity contribution in [2.75, 3.05) is 13.2 Å². The fraction of sp³-hybridized carbons (Fsp3) is 0.490. The van der Waals surface area contributed by atoms with Gasteiger partial charge < -0.3 is 14.6 Å². The van der Waals surface area contributed by atoms with Crippen LogP contribution < -0.4 is 0 Å². The summed E-state index contributed by atoms with van der Waals surface area (Å²) in [5.41, 5.74) is 0. The summed E-state index contributed by atoms with van der Waals surface area (Å²) in [5, 5.41) is 9.56. The lowest BCUT2D eigenvalue weighted by molar-refractivity contribution is -0.161. The van der Waals surface area contributed by atoms with Crippen molar-refractivity contribution in [3.8, 4) is 0 Å². The molecule has 0 fully saturated rings. The highest BCUT2D eigenvalue weighted by Gasteiger charge is 2.15. The Morgan fingerprint density at radius 1 is 0.429 bits per heavy atom. The fourth-order valence-corrected chi connectivity index (χ4v) is 5.02. The largest absolute Gasteiger partial charge is 0.461 e. The lowest BCUT2D eigenvalue weighted by atomic mass is 10.1. The van der Waals surface area contributed by atoms with Crippen LogP contribution in [-0.4, -0.2) is 36.4 Å². The number of hydrogen-bond acceptors (Lipinski definition) is 5. The molecule has 1 unspecified atom stereocenters. The Morgan fingerprint density at radius 2 is 0.768 bits per heavy atom. The second-order valence-electron chi connectivity index (χ2n) is 13.3. The van der Waals surface area contributed by atoms with Gasteiger partial charge in [0.15, 0.2) is 6.10 Å². The van der Waals surface area contributed by atoms with Crippen molar-refractivity contribution in [3.05, 3.63) is 146 Å². The lowest BCUT2D eigenvalue weighted by Crippen LogP contribution is -2.28. The number of unbranched alkanes of at least 4 members (excludes halogenated alkanes) is 5. The van der Waals surface area contributed by atoms with Gasteiger partial charge in [0.1, 0.15) is 6.61 Å². The van der Waals surface area contributed by atoms with Crippen LogP contribution in [0.3, 0.4) is 0 Å². The molecule has 0 aliphatic rings. The third-order valence-electron chi connectivity index (χ3n) is 8.16. The van der Waals surface area contributed by atoms with Crippen LogP contribution in [0.2, 0.25) is 0 Å². The molecule has 1 atom stereocenters. The highest BCUT2D eigenvalue weighted by molar-refractivity contribution is 5.71. The summed E-state index contributed by atoms with van der Waals surface area (Å²) in [6, 6.07) is 0. The standard InChI is InChI=1S/C51H76O5/c1-3-5-7-9-11-13-15-17-19-20-21-22-23-24-25-26-27-28-29-30-32-34-36-38-40-42-44-46-51(54)56-49(47-52)48-55-50(53)45-43-41-39-37-35-33-31-18-16-14-12-10-8-6-4-2/h5-8,11-14,17-19,21-22,24-25,27-28,30-32,35,37,41,43,49,52H,3-4,9-10,15-16,20,23,26,29,33-34,36,38-40,42,44-48H2,1-2H3/b7-5-,8-6-,13-11-,14-12-,19-17-,22-21-,25-24-,28-27-,31-18-,32-30-,37-35-,43-41-. The second kappa shape index (κ2) is 45.2. The summed E-state index contributed by atoms with van der Waals surface area (Å²) < 4.78 is 10.5. The predicted molar refractivity (Wildman–Crippen MR) is 241 cm³/mol. The van der Waals surface area contributed by atoms with Crippen molar-refractivity contribution in [2.24, 2.45) is 0 Å². The fourth-order valence-electron chi connectivity index (χ4n) is 5.02. The molecule has 0 aromatic rings. The summed E-state index contributed by atoms with van der Waals surface area (Å²) in [7, 11) is 0. The molecule has 0 saturated heterocycles. The van der Waals surface area contributed by atoms with E-state index in [1.165, 1.54) is 0 Å². The van der Waals surface area contributed by atoms with Crippen molar-refractivity contribution in [2.45, 2.75) is 148 Å². The van der Waals surface area contributed by atoms with Gasteiger partial charge in [-0.05, 0) is 96.3 Å². The normalized spacial score (nSPS) is 13.7. The summed E-state index contributed by atoms with van der Waals surface area (Å²) >= 11 is 0. The SMILES string of the molecule is CC/C=C\C/C=C\C/C=C\C/C=C\C/C=C\C/C=C\C/C=C\CCCCCCCC(=O)OC(CO)COC(=O)C/C=C\C/C=C\C/C=C\C/C=C\C/C=C\CC. The second-order valence-corrected chi connectivity index (χ2v) is 13.3. The van der Waals surface area contributed by atoms with Crippen LogP contribution in [0.15, 0.2) is 146 Å². The first-order valence-corrected chi connectivity index (χ1v) is 21.4. The molecule has 0 aliphatic heterocycles. The van der Waals surface area contributed by atoms with E-state index in [1.807, 2.05) is 6.08 Å². The number of ether oxygens (including phenoxy) is 2. The minimum Gasteiger partial charge on any atom is -0.461 e. The van der Waals surface area contributed by atoms with Crippen LogP contribution in [-0.2, 0) is 19.1 Å². The van der Waals surface area contributed by atoms with Gasteiger partial charge >= 0.3 is 11.9 Å². The smallest absolute Gasteiger partial charge is 0.309 e. The van der Waals surface area contributed by atoms with E-state index in [0.29, 0.717) is 6.42 Å². The van der Waals surface area contributed by atoms with Crippen molar-refractivity contribution in [1.29, 1.82) is 0 Å². The van der Waals surface area contributed by atoms with E-state index in [4.69, 9.17) is 9.47 Å². The predicted octanol–water partition coefficient (Wildman–Crippen LogP) is 13.9. The molecule has 1 N–H and O–H groups in total. The third kappa shape index (κ3) is 42.5. The van der Waals surface area contributed by atoms with E-state index in [0.717, 1.165) is 116 Å². The van der Waals surface area contributed by atoms with E-state index in [9.17, 15) is 14.7 Å². The third-order valence-corrected chi connectivity index (χ3v) is 8.16.